The minimum absolute atomic E-state index is 0.188. The highest BCUT2D eigenvalue weighted by atomic mass is 16.2. The predicted molar refractivity (Wildman–Crippen MR) is 57.4 cm³/mol. The average molecular weight is 214 g/mol. The van der Waals surface area contributed by atoms with Gasteiger partial charge in [0.05, 0.1) is 0 Å². The topological polar surface area (TPSA) is 101 Å². The Morgan fingerprint density at radius 2 is 2.27 bits per heavy atom. The summed E-state index contributed by atoms with van der Waals surface area (Å²) in [6.07, 6.45) is 2.70. The number of amides is 2. The molecule has 0 radical (unpaired) electrons. The average Bonchev–Trinajstić information content (AvgIpc) is 2.62. The van der Waals surface area contributed by atoms with Crippen LogP contribution in [0.15, 0.2) is 12.7 Å². The van der Waals surface area contributed by atoms with Gasteiger partial charge >= 0.3 is 0 Å². The number of nitrogens with one attached hydrogen (secondary N) is 1. The minimum atomic E-state index is -0.481. The zero-order chi connectivity index (χ0) is 11.7. The molecule has 0 aromatic carbocycles. The van der Waals surface area contributed by atoms with Gasteiger partial charge in [0, 0.05) is 26.1 Å². The van der Waals surface area contributed by atoms with Crippen LogP contribution in [0.25, 0.3) is 0 Å². The molecular weight excluding hydrogens is 196 g/mol. The van der Waals surface area contributed by atoms with Crippen LogP contribution in [0.4, 0.5) is 0 Å². The van der Waals surface area contributed by atoms with Crippen LogP contribution >= 0.6 is 0 Å². The Morgan fingerprint density at radius 1 is 1.67 bits per heavy atom. The van der Waals surface area contributed by atoms with E-state index in [1.54, 1.807) is 5.01 Å². The lowest BCUT2D eigenvalue weighted by molar-refractivity contribution is -0.130. The molecule has 1 aliphatic heterocycles. The summed E-state index contributed by atoms with van der Waals surface area (Å²) in [5.74, 6) is -0.293. The van der Waals surface area contributed by atoms with Gasteiger partial charge in [-0.15, -0.1) is 0 Å². The van der Waals surface area contributed by atoms with Gasteiger partial charge in [-0.3, -0.25) is 14.6 Å². The summed E-state index contributed by atoms with van der Waals surface area (Å²) in [4.78, 5) is 20.4. The second-order valence-electron chi connectivity index (χ2n) is 2.95. The highest BCUT2D eigenvalue weighted by Gasteiger charge is 2.18. The molecule has 5 N–H and O–H groups in total. The molecule has 1 heterocycles. The zero-order valence-electron chi connectivity index (χ0n) is 8.74. The largest absolute Gasteiger partial charge is 0.366 e. The van der Waals surface area contributed by atoms with Crippen molar-refractivity contribution in [3.05, 3.63) is 12.7 Å². The molecule has 86 valence electrons. The molecule has 1 saturated heterocycles. The van der Waals surface area contributed by atoms with Crippen molar-refractivity contribution in [2.75, 3.05) is 19.6 Å². The lowest BCUT2D eigenvalue weighted by Crippen LogP contribution is -2.41. The van der Waals surface area contributed by atoms with Crippen molar-refractivity contribution in [1.82, 2.24) is 10.4 Å². The number of primary amides is 1. The zero-order valence-corrected chi connectivity index (χ0v) is 8.74. The molecule has 0 aromatic heterocycles. The summed E-state index contributed by atoms with van der Waals surface area (Å²) in [7, 11) is 0. The van der Waals surface area contributed by atoms with Gasteiger partial charge in [-0.05, 0) is 12.5 Å². The van der Waals surface area contributed by atoms with E-state index in [2.05, 4.69) is 17.7 Å². The Hall–Kier alpha value is -1.40. The number of carbonyl (C=O) groups excluding carboxylic acids is 2. The first-order chi connectivity index (χ1) is 7.11. The van der Waals surface area contributed by atoms with Gasteiger partial charge in [-0.2, -0.15) is 0 Å². The van der Waals surface area contributed by atoms with Gasteiger partial charge in [0.25, 0.3) is 0 Å². The quantitative estimate of drug-likeness (QED) is 0.508. The van der Waals surface area contributed by atoms with Gasteiger partial charge in [-0.1, -0.05) is 6.58 Å². The van der Waals surface area contributed by atoms with E-state index in [0.717, 1.165) is 19.0 Å². The van der Waals surface area contributed by atoms with E-state index in [1.165, 1.54) is 0 Å². The monoisotopic (exact) mass is 214 g/mol. The number of carbonyl (C=O) groups is 2. The normalized spacial score (nSPS) is 14.5. The number of nitrogens with two attached hydrogens (primary N) is 2. The maximum absolute atomic E-state index is 10.9. The molecule has 0 spiro atoms. The van der Waals surface area contributed by atoms with Crippen molar-refractivity contribution in [2.24, 2.45) is 11.5 Å². The van der Waals surface area contributed by atoms with E-state index in [-0.39, 0.29) is 5.91 Å². The van der Waals surface area contributed by atoms with Crippen LogP contribution in [0.2, 0.25) is 0 Å². The van der Waals surface area contributed by atoms with Crippen LogP contribution in [0.1, 0.15) is 12.8 Å². The summed E-state index contributed by atoms with van der Waals surface area (Å²) in [5, 5.41) is 1.65. The van der Waals surface area contributed by atoms with Gasteiger partial charge in [0.15, 0.2) is 0 Å². The molecule has 1 aliphatic rings. The third-order valence-corrected chi connectivity index (χ3v) is 1.72. The molecule has 1 rings (SSSR count). The number of rotatable bonds is 4. The number of hydrazine groups is 1. The molecule has 2 amide bonds. The smallest absolute Gasteiger partial charge is 0.240 e. The standard InChI is InChI=1S/C6H13N3O.C3H5NO/c7-3-4-8-9-5-1-2-6(9)10;1-2-3(4)5/h8H,1-5,7H2;2H,1H2,(H2,4,5). The predicted octanol–water partition coefficient (Wildman–Crippen LogP) is -1.27. The van der Waals surface area contributed by atoms with Gasteiger partial charge in [0.1, 0.15) is 0 Å². The third kappa shape index (κ3) is 6.64. The van der Waals surface area contributed by atoms with Crippen molar-refractivity contribution >= 4 is 11.8 Å². The second-order valence-corrected chi connectivity index (χ2v) is 2.95. The first-order valence-corrected chi connectivity index (χ1v) is 4.77. The van der Waals surface area contributed by atoms with E-state index in [1.807, 2.05) is 0 Å². The van der Waals surface area contributed by atoms with Crippen LogP contribution in [-0.2, 0) is 9.59 Å². The fourth-order valence-corrected chi connectivity index (χ4v) is 1.01. The summed E-state index contributed by atoms with van der Waals surface area (Å²) in [6.45, 7) is 5.18. The Kier molecular flexibility index (Phi) is 7.21. The molecule has 0 aliphatic carbocycles. The first-order valence-electron chi connectivity index (χ1n) is 4.77. The number of nitrogens with zero attached hydrogens (tertiary/aromatic N) is 1. The molecule has 0 saturated carbocycles. The van der Waals surface area contributed by atoms with Crippen molar-refractivity contribution < 1.29 is 9.59 Å². The maximum Gasteiger partial charge on any atom is 0.240 e. The molecule has 6 heteroatoms. The molecule has 0 bridgehead atoms. The fourth-order valence-electron chi connectivity index (χ4n) is 1.01. The summed E-state index contributed by atoms with van der Waals surface area (Å²) >= 11 is 0. The SMILES string of the molecule is C=CC(N)=O.NCCNN1CCCC1=O. The Balaban J connectivity index is 0.000000336. The third-order valence-electron chi connectivity index (χ3n) is 1.72. The fraction of sp³-hybridized carbons (Fsp3) is 0.556. The summed E-state index contributed by atoms with van der Waals surface area (Å²) < 4.78 is 0. The van der Waals surface area contributed by atoms with E-state index < -0.39 is 5.91 Å². The molecule has 0 unspecified atom stereocenters. The molecule has 1 fully saturated rings. The highest BCUT2D eigenvalue weighted by molar-refractivity contribution is 5.84. The summed E-state index contributed by atoms with van der Waals surface area (Å²) in [5.41, 5.74) is 12.7. The van der Waals surface area contributed by atoms with Crippen molar-refractivity contribution in [2.45, 2.75) is 12.8 Å². The molecular formula is C9H18N4O2. The molecule has 0 atom stereocenters. The van der Waals surface area contributed by atoms with Crippen LogP contribution in [0, 0.1) is 0 Å². The Labute approximate surface area is 89.3 Å². The molecule has 15 heavy (non-hydrogen) atoms. The van der Waals surface area contributed by atoms with Gasteiger partial charge in [-0.25, -0.2) is 5.43 Å². The first kappa shape index (κ1) is 13.6. The lowest BCUT2D eigenvalue weighted by atomic mass is 10.4. The van der Waals surface area contributed by atoms with E-state index in [4.69, 9.17) is 5.73 Å². The highest BCUT2D eigenvalue weighted by Crippen LogP contribution is 2.05. The van der Waals surface area contributed by atoms with E-state index in [0.29, 0.717) is 19.5 Å². The lowest BCUT2D eigenvalue weighted by Gasteiger charge is -2.15. The molecule has 0 aromatic rings. The van der Waals surface area contributed by atoms with Crippen molar-refractivity contribution in [3.8, 4) is 0 Å². The van der Waals surface area contributed by atoms with Crippen LogP contribution in [0.3, 0.4) is 0 Å². The minimum Gasteiger partial charge on any atom is -0.366 e. The van der Waals surface area contributed by atoms with Crippen molar-refractivity contribution in [1.29, 1.82) is 0 Å². The van der Waals surface area contributed by atoms with E-state index in [9.17, 15) is 9.59 Å². The van der Waals surface area contributed by atoms with E-state index >= 15 is 0 Å². The van der Waals surface area contributed by atoms with Crippen molar-refractivity contribution in [3.63, 3.8) is 0 Å². The van der Waals surface area contributed by atoms with Gasteiger partial charge < -0.3 is 11.5 Å². The number of hydrogen-bond donors (Lipinski definition) is 3. The Morgan fingerprint density at radius 3 is 2.60 bits per heavy atom. The van der Waals surface area contributed by atoms with Crippen LogP contribution in [0.5, 0.6) is 0 Å². The Bertz CT molecular complexity index is 230. The molecule has 6 nitrogen and oxygen atoms in total. The van der Waals surface area contributed by atoms with Crippen LogP contribution < -0.4 is 16.9 Å². The maximum atomic E-state index is 10.9. The van der Waals surface area contributed by atoms with Crippen LogP contribution in [-0.4, -0.2) is 36.5 Å². The van der Waals surface area contributed by atoms with Gasteiger partial charge in [0.2, 0.25) is 11.8 Å². The second kappa shape index (κ2) is 7.95. The number of hydrogen-bond acceptors (Lipinski definition) is 4. The summed E-state index contributed by atoms with van der Waals surface area (Å²) in [6, 6.07) is 0.